The van der Waals surface area contributed by atoms with Crippen LogP contribution in [0, 0.1) is 0 Å². The normalized spacial score (nSPS) is 22.3. The minimum atomic E-state index is -4.27. The minimum Gasteiger partial charge on any atom is -0.378 e. The predicted octanol–water partition coefficient (Wildman–Crippen LogP) is 4.09. The van der Waals surface area contributed by atoms with Crippen molar-refractivity contribution in [2.75, 3.05) is 37.0 Å². The lowest BCUT2D eigenvalue weighted by Crippen LogP contribution is -2.51. The third-order valence-electron chi connectivity index (χ3n) is 6.29. The van der Waals surface area contributed by atoms with Crippen LogP contribution in [0.2, 0.25) is 0 Å². The van der Waals surface area contributed by atoms with E-state index in [1.807, 2.05) is 52.2 Å². The molecule has 2 aromatic rings. The molecule has 4 rings (SSSR count). The fraction of sp³-hybridized carbons (Fsp3) is 0.333. The van der Waals surface area contributed by atoms with Gasteiger partial charge in [-0.25, -0.2) is 0 Å². The van der Waals surface area contributed by atoms with Crippen LogP contribution in [0.5, 0.6) is 0 Å². The Morgan fingerprint density at radius 3 is 2.45 bits per heavy atom. The highest BCUT2D eigenvalue weighted by Crippen LogP contribution is 2.55. The van der Waals surface area contributed by atoms with Crippen LogP contribution >= 0.6 is 0 Å². The van der Waals surface area contributed by atoms with Crippen LogP contribution in [0.15, 0.2) is 65.6 Å². The van der Waals surface area contributed by atoms with Crippen molar-refractivity contribution in [2.24, 2.45) is 0 Å². The maximum atomic E-state index is 11.7. The van der Waals surface area contributed by atoms with E-state index in [4.69, 9.17) is 4.74 Å². The Kier molecular flexibility index (Phi) is 5.24. The molecule has 1 unspecified atom stereocenters. The Morgan fingerprint density at radius 2 is 1.81 bits per heavy atom. The van der Waals surface area contributed by atoms with Crippen molar-refractivity contribution in [3.63, 3.8) is 0 Å². The van der Waals surface area contributed by atoms with Crippen molar-refractivity contribution in [1.82, 2.24) is 0 Å². The fourth-order valence-electron chi connectivity index (χ4n) is 4.54. The second-order valence-corrected chi connectivity index (χ2v) is 10.1. The van der Waals surface area contributed by atoms with Gasteiger partial charge in [0.25, 0.3) is 10.1 Å². The molecule has 2 heterocycles. The number of anilines is 2. The van der Waals surface area contributed by atoms with Gasteiger partial charge in [0, 0.05) is 37.4 Å². The molecule has 0 radical (unpaired) electrons. The summed E-state index contributed by atoms with van der Waals surface area (Å²) in [5.41, 5.74) is 2.79. The topological polar surface area (TPSA) is 70.1 Å². The van der Waals surface area contributed by atoms with Crippen LogP contribution in [0.4, 0.5) is 11.4 Å². The highest BCUT2D eigenvalue weighted by atomic mass is 32.2. The second-order valence-electron chi connectivity index (χ2n) is 8.68. The van der Waals surface area contributed by atoms with E-state index in [1.54, 1.807) is 12.1 Å². The molecule has 2 aliphatic heterocycles. The maximum Gasteiger partial charge on any atom is 0.294 e. The lowest BCUT2D eigenvalue weighted by Gasteiger charge is -2.39. The summed E-state index contributed by atoms with van der Waals surface area (Å²) in [4.78, 5) is 4.14. The molecule has 0 spiro atoms. The lowest BCUT2D eigenvalue weighted by molar-refractivity contribution is -0.000337. The number of rotatable bonds is 5. The predicted molar refractivity (Wildman–Crippen MR) is 124 cm³/mol. The molecule has 0 saturated carbocycles. The first-order valence-corrected chi connectivity index (χ1v) is 11.7. The summed E-state index contributed by atoms with van der Waals surface area (Å²) in [7, 11) is -0.241. The average Bonchev–Trinajstić information content (AvgIpc) is 3.22. The summed E-state index contributed by atoms with van der Waals surface area (Å²) in [6.45, 7) is 5.38. The Labute approximate surface area is 184 Å². The summed E-state index contributed by atoms with van der Waals surface area (Å²) in [5.74, 6) is 0. The van der Waals surface area contributed by atoms with Gasteiger partial charge in [0.05, 0.1) is 11.5 Å². The fourth-order valence-corrected chi connectivity index (χ4v) is 5.05. The molecule has 2 aliphatic rings. The summed E-state index contributed by atoms with van der Waals surface area (Å²) in [6.07, 6.45) is 8.05. The third-order valence-corrected chi connectivity index (χ3v) is 7.14. The molecule has 1 saturated heterocycles. The van der Waals surface area contributed by atoms with Gasteiger partial charge in [-0.3, -0.25) is 4.55 Å². The van der Waals surface area contributed by atoms with Crippen molar-refractivity contribution in [2.45, 2.75) is 29.9 Å². The third kappa shape index (κ3) is 3.56. The molecule has 6 nitrogen and oxygen atoms in total. The van der Waals surface area contributed by atoms with Gasteiger partial charge in [-0.2, -0.15) is 8.42 Å². The van der Waals surface area contributed by atoms with Crippen LogP contribution in [0.3, 0.4) is 0 Å². The highest BCUT2D eigenvalue weighted by Gasteiger charge is 2.59. The van der Waals surface area contributed by atoms with Gasteiger partial charge in [0.1, 0.15) is 0 Å². The Bertz CT molecular complexity index is 1150. The van der Waals surface area contributed by atoms with Crippen molar-refractivity contribution in [1.29, 1.82) is 0 Å². The largest absolute Gasteiger partial charge is 0.378 e. The number of hydrogen-bond acceptors (Lipinski definition) is 5. The Hall–Kier alpha value is -2.61. The molecule has 1 N–H and O–H groups in total. The van der Waals surface area contributed by atoms with E-state index in [0.717, 1.165) is 22.5 Å². The van der Waals surface area contributed by atoms with E-state index in [1.165, 1.54) is 6.07 Å². The molecule has 1 fully saturated rings. The molecule has 31 heavy (non-hydrogen) atoms. The van der Waals surface area contributed by atoms with Gasteiger partial charge in [-0.1, -0.05) is 44.2 Å². The number of allylic oxidation sites excluding steroid dienone is 2. The smallest absolute Gasteiger partial charge is 0.294 e. The molecule has 0 amide bonds. The van der Waals surface area contributed by atoms with E-state index in [2.05, 4.69) is 34.1 Å². The number of ether oxygens (including phenoxy) is 1. The second kappa shape index (κ2) is 7.51. The van der Waals surface area contributed by atoms with Crippen LogP contribution in [0.25, 0.3) is 6.08 Å². The summed E-state index contributed by atoms with van der Waals surface area (Å²) >= 11 is 0. The lowest BCUT2D eigenvalue weighted by atomic mass is 9.77. The van der Waals surface area contributed by atoms with E-state index in [0.29, 0.717) is 13.2 Å². The zero-order valence-electron chi connectivity index (χ0n) is 18.2. The van der Waals surface area contributed by atoms with Crippen LogP contribution in [-0.4, -0.2) is 45.9 Å². The molecule has 164 valence electrons. The first-order chi connectivity index (χ1) is 14.6. The van der Waals surface area contributed by atoms with Crippen molar-refractivity contribution in [3.05, 3.63) is 71.8 Å². The summed E-state index contributed by atoms with van der Waals surface area (Å²) < 4.78 is 39.1. The number of fused-ring (bicyclic) bond motifs is 3. The molecule has 2 aromatic carbocycles. The van der Waals surface area contributed by atoms with Gasteiger partial charge in [-0.05, 0) is 47.5 Å². The summed E-state index contributed by atoms with van der Waals surface area (Å²) in [6, 6.07) is 13.1. The minimum absolute atomic E-state index is 0.0966. The SMILES string of the molecule is CN(C)c1ccc(C=CC=CC23OCCN2c2ccc(S(=O)(=O)O)cc2C3(C)C)cc1. The standard InChI is InChI=1S/C24H28N2O4S/c1-23(2)21-17-20(31(27,28)29)12-13-22(21)26-15-16-30-24(23,26)14-6-5-7-18-8-10-19(11-9-18)25(3)4/h5-14,17H,15-16H2,1-4H3,(H,27,28,29). The Balaban J connectivity index is 1.64. The molecule has 1 atom stereocenters. The van der Waals surface area contributed by atoms with E-state index < -0.39 is 21.3 Å². The van der Waals surface area contributed by atoms with Gasteiger partial charge in [-0.15, -0.1) is 0 Å². The molecular weight excluding hydrogens is 412 g/mol. The van der Waals surface area contributed by atoms with Crippen LogP contribution in [-0.2, 0) is 20.3 Å². The van der Waals surface area contributed by atoms with Crippen LogP contribution < -0.4 is 9.80 Å². The molecule has 7 heteroatoms. The highest BCUT2D eigenvalue weighted by molar-refractivity contribution is 7.85. The van der Waals surface area contributed by atoms with E-state index in [9.17, 15) is 13.0 Å². The van der Waals surface area contributed by atoms with Crippen LogP contribution in [0.1, 0.15) is 25.0 Å². The van der Waals surface area contributed by atoms with Gasteiger partial charge >= 0.3 is 0 Å². The molecule has 0 aromatic heterocycles. The van der Waals surface area contributed by atoms with E-state index >= 15 is 0 Å². The van der Waals surface area contributed by atoms with Crippen molar-refractivity contribution < 1.29 is 17.7 Å². The first kappa shape index (κ1) is 21.6. The summed E-state index contributed by atoms with van der Waals surface area (Å²) in [5, 5.41) is 0. The van der Waals surface area contributed by atoms with Crippen molar-refractivity contribution in [3.8, 4) is 0 Å². The maximum absolute atomic E-state index is 11.7. The zero-order chi connectivity index (χ0) is 22.4. The van der Waals surface area contributed by atoms with Gasteiger partial charge < -0.3 is 14.5 Å². The monoisotopic (exact) mass is 440 g/mol. The van der Waals surface area contributed by atoms with Crippen molar-refractivity contribution >= 4 is 27.6 Å². The quantitative estimate of drug-likeness (QED) is 0.558. The number of benzene rings is 2. The first-order valence-electron chi connectivity index (χ1n) is 10.2. The Morgan fingerprint density at radius 1 is 1.10 bits per heavy atom. The zero-order valence-corrected chi connectivity index (χ0v) is 19.1. The van der Waals surface area contributed by atoms with Gasteiger partial charge in [0.15, 0.2) is 5.72 Å². The molecular formula is C24H28N2O4S. The molecule has 0 aliphatic carbocycles. The van der Waals surface area contributed by atoms with E-state index in [-0.39, 0.29) is 4.90 Å². The average molecular weight is 441 g/mol. The molecule has 0 bridgehead atoms. The van der Waals surface area contributed by atoms with Gasteiger partial charge in [0.2, 0.25) is 0 Å². The number of hydrogen-bond donors (Lipinski definition) is 1. The number of nitrogens with zero attached hydrogens (tertiary/aromatic N) is 2.